The molecule has 0 aromatic carbocycles. The molecule has 1 amide bonds. The summed E-state index contributed by atoms with van der Waals surface area (Å²) >= 11 is 0. The number of halogens is 3. The van der Waals surface area contributed by atoms with Crippen molar-refractivity contribution < 1.29 is 27.1 Å². The SMILES string of the molecule is CN1CCC(N(Cc2ccco2)C(=O)c2ccc(OCC(F)(F)F)nc2)CC1. The smallest absolute Gasteiger partial charge is 0.422 e. The first-order chi connectivity index (χ1) is 13.3. The lowest BCUT2D eigenvalue weighted by Crippen LogP contribution is -2.46. The Kier molecular flexibility index (Phi) is 6.23. The van der Waals surface area contributed by atoms with Crippen LogP contribution in [0, 0.1) is 0 Å². The average molecular weight is 397 g/mol. The fourth-order valence-electron chi connectivity index (χ4n) is 3.16. The largest absolute Gasteiger partial charge is 0.468 e. The van der Waals surface area contributed by atoms with Crippen molar-refractivity contribution in [2.24, 2.45) is 0 Å². The van der Waals surface area contributed by atoms with Crippen molar-refractivity contribution in [3.8, 4) is 5.88 Å². The predicted molar refractivity (Wildman–Crippen MR) is 94.9 cm³/mol. The van der Waals surface area contributed by atoms with E-state index in [0.29, 0.717) is 17.9 Å². The zero-order valence-corrected chi connectivity index (χ0v) is 15.5. The van der Waals surface area contributed by atoms with Crippen LogP contribution in [0.15, 0.2) is 41.1 Å². The van der Waals surface area contributed by atoms with Gasteiger partial charge in [0.2, 0.25) is 5.88 Å². The molecule has 1 fully saturated rings. The molecule has 3 heterocycles. The molecule has 28 heavy (non-hydrogen) atoms. The molecule has 0 bridgehead atoms. The van der Waals surface area contributed by atoms with E-state index < -0.39 is 12.8 Å². The minimum Gasteiger partial charge on any atom is -0.468 e. The van der Waals surface area contributed by atoms with Gasteiger partial charge in [-0.05, 0) is 51.2 Å². The van der Waals surface area contributed by atoms with Crippen LogP contribution in [0.5, 0.6) is 5.88 Å². The molecular formula is C19H22F3N3O3. The first-order valence-electron chi connectivity index (χ1n) is 8.99. The maximum atomic E-state index is 13.1. The minimum atomic E-state index is -4.44. The molecule has 2 aromatic heterocycles. The van der Waals surface area contributed by atoms with Gasteiger partial charge in [-0.2, -0.15) is 13.2 Å². The van der Waals surface area contributed by atoms with Crippen molar-refractivity contribution >= 4 is 5.91 Å². The third-order valence-corrected chi connectivity index (χ3v) is 4.66. The summed E-state index contributed by atoms with van der Waals surface area (Å²) in [6.45, 7) is 0.671. The van der Waals surface area contributed by atoms with Crippen LogP contribution in [0.3, 0.4) is 0 Å². The monoisotopic (exact) mass is 397 g/mol. The van der Waals surface area contributed by atoms with Gasteiger partial charge in [-0.3, -0.25) is 4.79 Å². The Bertz CT molecular complexity index is 755. The lowest BCUT2D eigenvalue weighted by Gasteiger charge is -2.37. The van der Waals surface area contributed by atoms with Crippen LogP contribution in [0.25, 0.3) is 0 Å². The lowest BCUT2D eigenvalue weighted by atomic mass is 10.0. The summed E-state index contributed by atoms with van der Waals surface area (Å²) in [7, 11) is 2.04. The Hall–Kier alpha value is -2.55. The van der Waals surface area contributed by atoms with Crippen molar-refractivity contribution in [2.45, 2.75) is 31.6 Å². The van der Waals surface area contributed by atoms with Crippen molar-refractivity contribution in [3.63, 3.8) is 0 Å². The van der Waals surface area contributed by atoms with Gasteiger partial charge in [-0.1, -0.05) is 0 Å². The summed E-state index contributed by atoms with van der Waals surface area (Å²) in [6.07, 6.45) is 0.0373. The highest BCUT2D eigenvalue weighted by Gasteiger charge is 2.30. The Morgan fingerprint density at radius 3 is 2.64 bits per heavy atom. The van der Waals surface area contributed by atoms with Crippen molar-refractivity contribution in [2.75, 3.05) is 26.7 Å². The maximum absolute atomic E-state index is 13.1. The van der Waals surface area contributed by atoms with Crippen LogP contribution >= 0.6 is 0 Å². The number of carbonyl (C=O) groups is 1. The lowest BCUT2D eigenvalue weighted by molar-refractivity contribution is -0.154. The first-order valence-corrected chi connectivity index (χ1v) is 8.99. The van der Waals surface area contributed by atoms with E-state index >= 15 is 0 Å². The van der Waals surface area contributed by atoms with Gasteiger partial charge >= 0.3 is 6.18 Å². The number of ether oxygens (including phenoxy) is 1. The summed E-state index contributed by atoms with van der Waals surface area (Å²) in [6, 6.07) is 6.33. The molecule has 0 N–H and O–H groups in total. The van der Waals surface area contributed by atoms with Gasteiger partial charge in [-0.25, -0.2) is 4.98 Å². The van der Waals surface area contributed by atoms with E-state index in [-0.39, 0.29) is 17.8 Å². The molecule has 0 unspecified atom stereocenters. The Morgan fingerprint density at radius 1 is 1.32 bits per heavy atom. The standard InChI is InChI=1S/C19H22F3N3O3/c1-24-8-6-15(7-9-24)25(12-16-3-2-10-27-16)18(26)14-4-5-17(23-11-14)28-13-19(20,21)22/h2-5,10-11,15H,6-9,12-13H2,1H3. The first kappa shape index (κ1) is 20.2. The topological polar surface area (TPSA) is 58.8 Å². The molecule has 6 nitrogen and oxygen atoms in total. The zero-order chi connectivity index (χ0) is 20.1. The van der Waals surface area contributed by atoms with E-state index in [2.05, 4.69) is 14.6 Å². The second-order valence-corrected chi connectivity index (χ2v) is 6.84. The summed E-state index contributed by atoms with van der Waals surface area (Å²) in [5, 5.41) is 0. The molecule has 0 spiro atoms. The number of amides is 1. The minimum absolute atomic E-state index is 0.0509. The van der Waals surface area contributed by atoms with Crippen molar-refractivity contribution in [1.82, 2.24) is 14.8 Å². The fraction of sp³-hybridized carbons (Fsp3) is 0.474. The van der Waals surface area contributed by atoms with E-state index in [9.17, 15) is 18.0 Å². The number of hydrogen-bond donors (Lipinski definition) is 0. The number of rotatable bonds is 6. The molecule has 1 saturated heterocycles. The number of furan rings is 1. The van der Waals surface area contributed by atoms with Crippen LogP contribution in [0.1, 0.15) is 29.0 Å². The van der Waals surface area contributed by atoms with Crippen molar-refractivity contribution in [1.29, 1.82) is 0 Å². The molecule has 9 heteroatoms. The number of alkyl halides is 3. The Balaban J connectivity index is 1.72. The van der Waals surface area contributed by atoms with Gasteiger partial charge in [0.1, 0.15) is 5.76 Å². The number of carbonyl (C=O) groups excluding carboxylic acids is 1. The maximum Gasteiger partial charge on any atom is 0.422 e. The quantitative estimate of drug-likeness (QED) is 0.748. The molecule has 152 valence electrons. The second kappa shape index (κ2) is 8.64. The number of piperidine rings is 1. The van der Waals surface area contributed by atoms with Crippen LogP contribution in [-0.4, -0.2) is 59.7 Å². The van der Waals surface area contributed by atoms with Gasteiger partial charge in [0.05, 0.1) is 18.4 Å². The van der Waals surface area contributed by atoms with Crippen LogP contribution in [0.2, 0.25) is 0 Å². The molecule has 1 aliphatic rings. The van der Waals surface area contributed by atoms with E-state index in [1.165, 1.54) is 18.3 Å². The van der Waals surface area contributed by atoms with Gasteiger partial charge in [0.15, 0.2) is 6.61 Å². The molecular weight excluding hydrogens is 375 g/mol. The van der Waals surface area contributed by atoms with Crippen LogP contribution in [0.4, 0.5) is 13.2 Å². The summed E-state index contributed by atoms with van der Waals surface area (Å²) < 4.78 is 46.7. The van der Waals surface area contributed by atoms with E-state index in [4.69, 9.17) is 4.42 Å². The average Bonchev–Trinajstić information content (AvgIpc) is 3.18. The Morgan fingerprint density at radius 2 is 2.07 bits per heavy atom. The molecule has 0 aliphatic carbocycles. The zero-order valence-electron chi connectivity index (χ0n) is 15.5. The number of hydrogen-bond acceptors (Lipinski definition) is 5. The second-order valence-electron chi connectivity index (χ2n) is 6.84. The number of pyridine rings is 1. The number of likely N-dealkylation sites (tertiary alicyclic amines) is 1. The highest BCUT2D eigenvalue weighted by Crippen LogP contribution is 2.22. The number of aromatic nitrogens is 1. The van der Waals surface area contributed by atoms with Crippen LogP contribution in [-0.2, 0) is 6.54 Å². The highest BCUT2D eigenvalue weighted by atomic mass is 19.4. The van der Waals surface area contributed by atoms with Gasteiger partial charge in [0.25, 0.3) is 5.91 Å². The van der Waals surface area contributed by atoms with E-state index in [1.807, 2.05) is 13.1 Å². The van der Waals surface area contributed by atoms with E-state index in [1.54, 1.807) is 17.2 Å². The number of nitrogens with zero attached hydrogens (tertiary/aromatic N) is 3. The van der Waals surface area contributed by atoms with Gasteiger partial charge in [0, 0.05) is 18.3 Å². The third kappa shape index (κ3) is 5.48. The van der Waals surface area contributed by atoms with Gasteiger partial charge < -0.3 is 19.0 Å². The molecule has 3 rings (SSSR count). The van der Waals surface area contributed by atoms with Crippen molar-refractivity contribution in [3.05, 3.63) is 48.0 Å². The Labute approximate surface area is 160 Å². The summed E-state index contributed by atoms with van der Waals surface area (Å²) in [5.74, 6) is 0.261. The highest BCUT2D eigenvalue weighted by molar-refractivity contribution is 5.94. The predicted octanol–water partition coefficient (Wildman–Crippen LogP) is 3.35. The van der Waals surface area contributed by atoms with E-state index in [0.717, 1.165) is 25.9 Å². The third-order valence-electron chi connectivity index (χ3n) is 4.66. The molecule has 0 saturated carbocycles. The van der Waals surface area contributed by atoms with Gasteiger partial charge in [-0.15, -0.1) is 0 Å². The molecule has 0 radical (unpaired) electrons. The molecule has 1 aliphatic heterocycles. The fourth-order valence-corrected chi connectivity index (χ4v) is 3.16. The molecule has 2 aromatic rings. The normalized spacial score (nSPS) is 16.1. The molecule has 0 atom stereocenters. The summed E-state index contributed by atoms with van der Waals surface area (Å²) in [4.78, 5) is 20.9. The van der Waals surface area contributed by atoms with Crippen LogP contribution < -0.4 is 4.74 Å². The summed E-state index contributed by atoms with van der Waals surface area (Å²) in [5.41, 5.74) is 0.296.